The fourth-order valence-corrected chi connectivity index (χ4v) is 5.30. The zero-order chi connectivity index (χ0) is 23.2. The van der Waals surface area contributed by atoms with E-state index in [9.17, 15) is 4.79 Å². The average Bonchev–Trinajstić information content (AvgIpc) is 3.43. The van der Waals surface area contributed by atoms with Crippen molar-refractivity contribution in [3.05, 3.63) is 130 Å². The minimum absolute atomic E-state index is 0.107. The van der Waals surface area contributed by atoms with E-state index >= 15 is 0 Å². The quantitative estimate of drug-likeness (QED) is 0.316. The van der Waals surface area contributed by atoms with Crippen LogP contribution in [0, 0.1) is 0 Å². The lowest BCUT2D eigenvalue weighted by Gasteiger charge is -2.40. The Balaban J connectivity index is 1.36. The Morgan fingerprint density at radius 3 is 1.79 bits per heavy atom. The van der Waals surface area contributed by atoms with Gasteiger partial charge in [0.15, 0.2) is 0 Å². The maximum absolute atomic E-state index is 13.7. The minimum atomic E-state index is 0.107. The molecule has 0 bridgehead atoms. The highest BCUT2D eigenvalue weighted by atomic mass is 32.1. The lowest BCUT2D eigenvalue weighted by Crippen LogP contribution is -2.50. The molecule has 0 radical (unpaired) electrons. The van der Waals surface area contributed by atoms with Gasteiger partial charge in [-0.3, -0.25) is 9.69 Å². The summed E-state index contributed by atoms with van der Waals surface area (Å²) in [6, 6.07) is 35.6. The minimum Gasteiger partial charge on any atom is -0.336 e. The van der Waals surface area contributed by atoms with Crippen molar-refractivity contribution in [2.75, 3.05) is 26.2 Å². The molecule has 0 aliphatic carbocycles. The molecular formula is C30H28N2OS. The number of hydrogen-bond acceptors (Lipinski definition) is 3. The van der Waals surface area contributed by atoms with Crippen LogP contribution in [0.4, 0.5) is 0 Å². The lowest BCUT2D eigenvalue weighted by molar-refractivity contribution is -0.126. The van der Waals surface area contributed by atoms with Crippen molar-refractivity contribution in [1.29, 1.82) is 0 Å². The summed E-state index contributed by atoms with van der Waals surface area (Å²) < 4.78 is 0. The van der Waals surface area contributed by atoms with Crippen molar-refractivity contribution in [1.82, 2.24) is 9.80 Å². The molecular weight excluding hydrogens is 436 g/mol. The number of amides is 1. The Kier molecular flexibility index (Phi) is 6.99. The fraction of sp³-hybridized carbons (Fsp3) is 0.167. The Bertz CT molecular complexity index is 1170. The first kappa shape index (κ1) is 22.3. The topological polar surface area (TPSA) is 23.6 Å². The third-order valence-electron chi connectivity index (χ3n) is 6.34. The second kappa shape index (κ2) is 10.6. The Morgan fingerprint density at radius 2 is 1.26 bits per heavy atom. The maximum atomic E-state index is 13.7. The van der Waals surface area contributed by atoms with Gasteiger partial charge in [0.1, 0.15) is 0 Å². The fourth-order valence-electron chi connectivity index (χ4n) is 4.64. The molecule has 1 aliphatic heterocycles. The second-order valence-corrected chi connectivity index (χ2v) is 9.47. The third-order valence-corrected chi connectivity index (χ3v) is 7.16. The largest absolute Gasteiger partial charge is 0.336 e. The number of thiophene rings is 1. The van der Waals surface area contributed by atoms with Gasteiger partial charge >= 0.3 is 0 Å². The highest BCUT2D eigenvalue weighted by molar-refractivity contribution is 7.11. The molecule has 1 fully saturated rings. The maximum Gasteiger partial charge on any atom is 0.254 e. The van der Waals surface area contributed by atoms with Crippen LogP contribution in [0.1, 0.15) is 27.6 Å². The van der Waals surface area contributed by atoms with Crippen LogP contribution in [0.15, 0.2) is 109 Å². The van der Waals surface area contributed by atoms with Crippen LogP contribution in [0.2, 0.25) is 0 Å². The van der Waals surface area contributed by atoms with Crippen molar-refractivity contribution in [3.63, 3.8) is 0 Å². The molecule has 0 spiro atoms. The van der Waals surface area contributed by atoms with E-state index in [1.807, 2.05) is 52.8 Å². The predicted molar refractivity (Wildman–Crippen MR) is 142 cm³/mol. The number of carbonyl (C=O) groups excluding carboxylic acids is 1. The normalized spacial score (nSPS) is 15.0. The van der Waals surface area contributed by atoms with Crippen LogP contribution in [-0.2, 0) is 4.79 Å². The van der Waals surface area contributed by atoms with E-state index in [2.05, 4.69) is 71.6 Å². The number of rotatable bonds is 6. The van der Waals surface area contributed by atoms with Crippen molar-refractivity contribution in [2.45, 2.75) is 6.04 Å². The highest BCUT2D eigenvalue weighted by Gasteiger charge is 2.29. The molecule has 1 amide bonds. The van der Waals surface area contributed by atoms with Gasteiger partial charge in [-0.1, -0.05) is 97.1 Å². The number of carbonyl (C=O) groups is 1. The number of nitrogens with zero attached hydrogens (tertiary/aromatic N) is 2. The molecule has 1 aliphatic rings. The van der Waals surface area contributed by atoms with Crippen molar-refractivity contribution in [2.24, 2.45) is 0 Å². The summed E-state index contributed by atoms with van der Waals surface area (Å²) in [6.07, 6.45) is 2.03. The first-order chi connectivity index (χ1) is 16.8. The Morgan fingerprint density at radius 1 is 0.706 bits per heavy atom. The molecule has 4 aromatic rings. The monoisotopic (exact) mass is 464 g/mol. The Labute approximate surface area is 205 Å². The number of piperazine rings is 1. The van der Waals surface area contributed by atoms with Gasteiger partial charge in [0, 0.05) is 36.6 Å². The van der Waals surface area contributed by atoms with E-state index in [1.54, 1.807) is 11.3 Å². The molecule has 0 atom stereocenters. The summed E-state index contributed by atoms with van der Waals surface area (Å²) >= 11 is 1.65. The zero-order valence-corrected chi connectivity index (χ0v) is 19.9. The first-order valence-corrected chi connectivity index (χ1v) is 12.6. The van der Waals surface area contributed by atoms with Gasteiger partial charge < -0.3 is 4.90 Å². The second-order valence-electron chi connectivity index (χ2n) is 8.49. The van der Waals surface area contributed by atoms with E-state index in [0.717, 1.165) is 29.1 Å². The molecule has 5 rings (SSSR count). The van der Waals surface area contributed by atoms with Gasteiger partial charge in [-0.2, -0.15) is 0 Å². The van der Waals surface area contributed by atoms with Crippen molar-refractivity contribution in [3.8, 4) is 0 Å². The first-order valence-electron chi connectivity index (χ1n) is 11.7. The zero-order valence-electron chi connectivity index (χ0n) is 19.1. The molecule has 3 nitrogen and oxygen atoms in total. The molecule has 34 heavy (non-hydrogen) atoms. The van der Waals surface area contributed by atoms with E-state index in [4.69, 9.17) is 0 Å². The summed E-state index contributed by atoms with van der Waals surface area (Å²) in [5.74, 6) is 0.107. The van der Waals surface area contributed by atoms with Crippen LogP contribution in [0.25, 0.3) is 11.6 Å². The lowest BCUT2D eigenvalue weighted by atomic mass is 9.96. The molecule has 0 unspecified atom stereocenters. The van der Waals surface area contributed by atoms with Crippen molar-refractivity contribution < 1.29 is 4.79 Å². The van der Waals surface area contributed by atoms with E-state index in [0.29, 0.717) is 13.1 Å². The van der Waals surface area contributed by atoms with E-state index in [1.165, 1.54) is 11.1 Å². The number of hydrogen-bond donors (Lipinski definition) is 0. The SMILES string of the molecule is O=C(/C(=C/c1cccs1)c1ccccc1)N1CCN(C(c2ccccc2)c2ccccc2)CC1. The standard InChI is InChI=1S/C30H28N2OS/c33-30(28(23-27-17-10-22-34-27)24-11-4-1-5-12-24)32-20-18-31(19-21-32)29(25-13-6-2-7-14-25)26-15-8-3-9-16-26/h1-17,22-23,29H,18-21H2/b28-23+. The predicted octanol–water partition coefficient (Wildman–Crippen LogP) is 6.22. The summed E-state index contributed by atoms with van der Waals surface area (Å²) in [7, 11) is 0. The molecule has 3 aromatic carbocycles. The average molecular weight is 465 g/mol. The van der Waals surface area contributed by atoms with Gasteiger partial charge in [-0.25, -0.2) is 0 Å². The number of benzene rings is 3. The van der Waals surface area contributed by atoms with Gasteiger partial charge in [0.05, 0.1) is 6.04 Å². The molecule has 1 saturated heterocycles. The molecule has 4 heteroatoms. The molecule has 0 saturated carbocycles. The van der Waals surface area contributed by atoms with Crippen LogP contribution in [0.3, 0.4) is 0 Å². The van der Waals surface area contributed by atoms with Crippen LogP contribution in [-0.4, -0.2) is 41.9 Å². The molecule has 2 heterocycles. The smallest absolute Gasteiger partial charge is 0.254 e. The van der Waals surface area contributed by atoms with Gasteiger partial charge in [0.25, 0.3) is 5.91 Å². The third kappa shape index (κ3) is 5.04. The Hall–Kier alpha value is -3.47. The molecule has 1 aromatic heterocycles. The van der Waals surface area contributed by atoms with Gasteiger partial charge in [-0.15, -0.1) is 11.3 Å². The van der Waals surface area contributed by atoms with Gasteiger partial charge in [0.2, 0.25) is 0 Å². The molecule has 0 N–H and O–H groups in total. The van der Waals surface area contributed by atoms with E-state index in [-0.39, 0.29) is 11.9 Å². The van der Waals surface area contributed by atoms with Crippen LogP contribution in [0.5, 0.6) is 0 Å². The van der Waals surface area contributed by atoms with Crippen molar-refractivity contribution >= 4 is 28.9 Å². The van der Waals surface area contributed by atoms with Crippen LogP contribution >= 0.6 is 11.3 Å². The summed E-state index contributed by atoms with van der Waals surface area (Å²) in [5, 5.41) is 2.05. The van der Waals surface area contributed by atoms with E-state index < -0.39 is 0 Å². The molecule has 170 valence electrons. The van der Waals surface area contributed by atoms with Gasteiger partial charge in [-0.05, 0) is 34.2 Å². The summed E-state index contributed by atoms with van der Waals surface area (Å²) in [5.41, 5.74) is 4.31. The van der Waals surface area contributed by atoms with Crippen LogP contribution < -0.4 is 0 Å². The summed E-state index contributed by atoms with van der Waals surface area (Å²) in [6.45, 7) is 3.09. The highest BCUT2D eigenvalue weighted by Crippen LogP contribution is 2.30. The summed E-state index contributed by atoms with van der Waals surface area (Å²) in [4.78, 5) is 19.3.